The lowest BCUT2D eigenvalue weighted by atomic mass is 10.1. The fourth-order valence-electron chi connectivity index (χ4n) is 2.52. The van der Waals surface area contributed by atoms with Gasteiger partial charge < -0.3 is 5.32 Å². The molecule has 0 aromatic heterocycles. The standard InChI is InChI=1S/C15H20N4O3S/c1-12(18-7-9-19(10-8-18)23(2,21)22)15(20)17-14-6-4-3-5-13(14)11-16/h3-6,12H,7-10H2,1-2H3,(H,17,20)/t12-/m1/s1. The van der Waals surface area contributed by atoms with E-state index in [2.05, 4.69) is 5.32 Å². The predicted octanol–water partition coefficient (Wildman–Crippen LogP) is 0.462. The Labute approximate surface area is 136 Å². The molecule has 1 aromatic rings. The van der Waals surface area contributed by atoms with Crippen molar-refractivity contribution in [1.82, 2.24) is 9.21 Å². The van der Waals surface area contributed by atoms with Crippen LogP contribution in [0.2, 0.25) is 0 Å². The molecular formula is C15H20N4O3S. The summed E-state index contributed by atoms with van der Waals surface area (Å²) in [5.74, 6) is -0.208. The Balaban J connectivity index is 1.97. The normalized spacial score (nSPS) is 18.1. The Hall–Kier alpha value is -1.95. The van der Waals surface area contributed by atoms with E-state index >= 15 is 0 Å². The predicted molar refractivity (Wildman–Crippen MR) is 87.2 cm³/mol. The van der Waals surface area contributed by atoms with E-state index in [9.17, 15) is 13.2 Å². The summed E-state index contributed by atoms with van der Waals surface area (Å²) in [6.07, 6.45) is 1.19. The fourth-order valence-corrected chi connectivity index (χ4v) is 3.34. The van der Waals surface area contributed by atoms with Crippen LogP contribution in [0.1, 0.15) is 12.5 Å². The zero-order chi connectivity index (χ0) is 17.0. The number of nitriles is 1. The molecule has 2 rings (SSSR count). The van der Waals surface area contributed by atoms with Gasteiger partial charge in [0.2, 0.25) is 15.9 Å². The van der Waals surface area contributed by atoms with Crippen molar-refractivity contribution in [3.8, 4) is 6.07 Å². The number of carbonyl (C=O) groups is 1. The van der Waals surface area contributed by atoms with Crippen molar-refractivity contribution >= 4 is 21.6 Å². The van der Waals surface area contributed by atoms with Gasteiger partial charge in [0.25, 0.3) is 0 Å². The van der Waals surface area contributed by atoms with Crippen molar-refractivity contribution in [1.29, 1.82) is 5.26 Å². The molecule has 1 saturated heterocycles. The van der Waals surface area contributed by atoms with E-state index in [1.165, 1.54) is 10.6 Å². The van der Waals surface area contributed by atoms with Gasteiger partial charge in [-0.05, 0) is 19.1 Å². The number of para-hydroxylation sites is 1. The first-order chi connectivity index (χ1) is 10.8. The molecule has 0 radical (unpaired) electrons. The van der Waals surface area contributed by atoms with E-state index in [0.29, 0.717) is 37.4 Å². The minimum absolute atomic E-state index is 0.208. The van der Waals surface area contributed by atoms with Gasteiger partial charge in [0.05, 0.1) is 23.5 Å². The van der Waals surface area contributed by atoms with Crippen LogP contribution in [0.15, 0.2) is 24.3 Å². The average molecular weight is 336 g/mol. The quantitative estimate of drug-likeness (QED) is 0.862. The van der Waals surface area contributed by atoms with Gasteiger partial charge in [-0.3, -0.25) is 9.69 Å². The van der Waals surface area contributed by atoms with Gasteiger partial charge in [-0.1, -0.05) is 12.1 Å². The van der Waals surface area contributed by atoms with Gasteiger partial charge in [-0.25, -0.2) is 8.42 Å². The Morgan fingerprint density at radius 1 is 1.26 bits per heavy atom. The van der Waals surface area contributed by atoms with E-state index in [1.54, 1.807) is 31.2 Å². The Morgan fingerprint density at radius 2 is 1.87 bits per heavy atom. The van der Waals surface area contributed by atoms with Crippen molar-refractivity contribution in [2.45, 2.75) is 13.0 Å². The van der Waals surface area contributed by atoms with Gasteiger partial charge in [-0.2, -0.15) is 9.57 Å². The number of nitrogens with zero attached hydrogens (tertiary/aromatic N) is 3. The number of hydrogen-bond donors (Lipinski definition) is 1. The summed E-state index contributed by atoms with van der Waals surface area (Å²) in [4.78, 5) is 14.3. The van der Waals surface area contributed by atoms with Crippen molar-refractivity contribution in [3.05, 3.63) is 29.8 Å². The molecule has 8 heteroatoms. The van der Waals surface area contributed by atoms with E-state index < -0.39 is 16.1 Å². The number of piperazine rings is 1. The lowest BCUT2D eigenvalue weighted by Crippen LogP contribution is -2.53. The van der Waals surface area contributed by atoms with Crippen molar-refractivity contribution < 1.29 is 13.2 Å². The first-order valence-electron chi connectivity index (χ1n) is 7.32. The number of amides is 1. The second-order valence-electron chi connectivity index (χ2n) is 5.52. The summed E-state index contributed by atoms with van der Waals surface area (Å²) in [6.45, 7) is 3.54. The maximum absolute atomic E-state index is 12.4. The molecule has 1 aliphatic heterocycles. The van der Waals surface area contributed by atoms with Crippen LogP contribution in [0.25, 0.3) is 0 Å². The van der Waals surface area contributed by atoms with Crippen LogP contribution in [0.4, 0.5) is 5.69 Å². The van der Waals surface area contributed by atoms with Crippen LogP contribution in [0, 0.1) is 11.3 Å². The van der Waals surface area contributed by atoms with Crippen molar-refractivity contribution in [2.24, 2.45) is 0 Å². The molecular weight excluding hydrogens is 316 g/mol. The van der Waals surface area contributed by atoms with Gasteiger partial charge in [0, 0.05) is 26.2 Å². The number of hydrogen-bond acceptors (Lipinski definition) is 5. The second-order valence-corrected chi connectivity index (χ2v) is 7.50. The lowest BCUT2D eigenvalue weighted by molar-refractivity contribution is -0.121. The summed E-state index contributed by atoms with van der Waals surface area (Å²) < 4.78 is 24.4. The van der Waals surface area contributed by atoms with Gasteiger partial charge in [-0.15, -0.1) is 0 Å². The molecule has 1 fully saturated rings. The van der Waals surface area contributed by atoms with E-state index in [1.807, 2.05) is 11.0 Å². The highest BCUT2D eigenvalue weighted by molar-refractivity contribution is 7.88. The van der Waals surface area contributed by atoms with Crippen LogP contribution in [0.5, 0.6) is 0 Å². The molecule has 0 saturated carbocycles. The number of benzene rings is 1. The second kappa shape index (κ2) is 7.08. The third kappa shape index (κ3) is 4.28. The van der Waals surface area contributed by atoms with Crippen LogP contribution in [0.3, 0.4) is 0 Å². The molecule has 0 spiro atoms. The Kier molecular flexibility index (Phi) is 5.36. The van der Waals surface area contributed by atoms with E-state index in [0.717, 1.165) is 0 Å². The third-order valence-electron chi connectivity index (χ3n) is 3.97. The molecule has 1 heterocycles. The number of carbonyl (C=O) groups excluding carboxylic acids is 1. The molecule has 0 unspecified atom stereocenters. The van der Waals surface area contributed by atoms with Crippen LogP contribution >= 0.6 is 0 Å². The first-order valence-corrected chi connectivity index (χ1v) is 9.17. The van der Waals surface area contributed by atoms with Gasteiger partial charge in [0.15, 0.2) is 0 Å². The molecule has 1 aliphatic rings. The van der Waals surface area contributed by atoms with Crippen LogP contribution < -0.4 is 5.32 Å². The fraction of sp³-hybridized carbons (Fsp3) is 0.467. The zero-order valence-corrected chi connectivity index (χ0v) is 14.0. The van der Waals surface area contributed by atoms with Gasteiger partial charge >= 0.3 is 0 Å². The van der Waals surface area contributed by atoms with E-state index in [4.69, 9.17) is 5.26 Å². The zero-order valence-electron chi connectivity index (χ0n) is 13.2. The molecule has 0 bridgehead atoms. The summed E-state index contributed by atoms with van der Waals surface area (Å²) >= 11 is 0. The molecule has 1 N–H and O–H groups in total. The topological polar surface area (TPSA) is 93.5 Å². The molecule has 0 aliphatic carbocycles. The van der Waals surface area contributed by atoms with Crippen molar-refractivity contribution in [2.75, 3.05) is 37.8 Å². The minimum atomic E-state index is -3.18. The molecule has 23 heavy (non-hydrogen) atoms. The van der Waals surface area contributed by atoms with E-state index in [-0.39, 0.29) is 5.91 Å². The largest absolute Gasteiger partial charge is 0.324 e. The highest BCUT2D eigenvalue weighted by Crippen LogP contribution is 2.15. The average Bonchev–Trinajstić information content (AvgIpc) is 2.54. The highest BCUT2D eigenvalue weighted by Gasteiger charge is 2.29. The minimum Gasteiger partial charge on any atom is -0.324 e. The third-order valence-corrected chi connectivity index (χ3v) is 5.28. The Morgan fingerprint density at radius 3 is 2.43 bits per heavy atom. The number of rotatable bonds is 4. The first kappa shape index (κ1) is 17.4. The summed E-state index contributed by atoms with van der Waals surface area (Å²) in [5.41, 5.74) is 0.900. The molecule has 1 aromatic carbocycles. The molecule has 124 valence electrons. The summed E-state index contributed by atoms with van der Waals surface area (Å²) in [6, 6.07) is 8.46. The smallest absolute Gasteiger partial charge is 0.241 e. The summed E-state index contributed by atoms with van der Waals surface area (Å²) in [7, 11) is -3.18. The lowest BCUT2D eigenvalue weighted by Gasteiger charge is -2.36. The Bertz CT molecular complexity index is 718. The SMILES string of the molecule is C[C@H](C(=O)Nc1ccccc1C#N)N1CCN(S(C)(=O)=O)CC1. The molecule has 7 nitrogen and oxygen atoms in total. The number of nitrogens with one attached hydrogen (secondary N) is 1. The van der Waals surface area contributed by atoms with Crippen LogP contribution in [-0.4, -0.2) is 62.0 Å². The molecule has 1 atom stereocenters. The maximum atomic E-state index is 12.4. The van der Waals surface area contributed by atoms with Crippen LogP contribution in [-0.2, 0) is 14.8 Å². The monoisotopic (exact) mass is 336 g/mol. The highest BCUT2D eigenvalue weighted by atomic mass is 32.2. The van der Waals surface area contributed by atoms with Crippen molar-refractivity contribution in [3.63, 3.8) is 0 Å². The van der Waals surface area contributed by atoms with Gasteiger partial charge in [0.1, 0.15) is 6.07 Å². The summed E-state index contributed by atoms with van der Waals surface area (Å²) in [5, 5.41) is 11.8. The maximum Gasteiger partial charge on any atom is 0.241 e. The number of sulfonamides is 1. The molecule has 1 amide bonds. The number of anilines is 1.